The van der Waals surface area contributed by atoms with E-state index in [9.17, 15) is 4.39 Å². The molecule has 0 aliphatic carbocycles. The van der Waals surface area contributed by atoms with E-state index in [1.165, 1.54) is 31.4 Å². The molecular weight excluding hydrogens is 315 g/mol. The maximum absolute atomic E-state index is 13.1. The van der Waals surface area contributed by atoms with E-state index in [1.54, 1.807) is 0 Å². The second kappa shape index (κ2) is 7.49. The van der Waals surface area contributed by atoms with Crippen LogP contribution >= 0.6 is 27.5 Å². The smallest absolute Gasteiger partial charge is 0.124 e. The molecule has 0 aliphatic heterocycles. The molecule has 1 atom stereocenters. The van der Waals surface area contributed by atoms with E-state index < -0.39 is 0 Å². The van der Waals surface area contributed by atoms with E-state index in [-0.39, 0.29) is 11.2 Å². The highest BCUT2D eigenvalue weighted by Crippen LogP contribution is 2.36. The molecule has 102 valence electrons. The molecule has 0 nitrogen and oxygen atoms in total. The van der Waals surface area contributed by atoms with E-state index in [2.05, 4.69) is 29.8 Å². The van der Waals surface area contributed by atoms with Crippen LogP contribution in [0, 0.1) is 11.2 Å². The van der Waals surface area contributed by atoms with E-state index >= 15 is 0 Å². The molecule has 3 heteroatoms. The Morgan fingerprint density at radius 2 is 2.06 bits per heavy atom. The van der Waals surface area contributed by atoms with Gasteiger partial charge in [-0.15, -0.1) is 0 Å². The zero-order chi connectivity index (χ0) is 13.6. The third kappa shape index (κ3) is 4.24. The number of alkyl halides is 1. The summed E-state index contributed by atoms with van der Waals surface area (Å²) in [6, 6.07) is 4.72. The summed E-state index contributed by atoms with van der Waals surface area (Å²) in [7, 11) is 0. The van der Waals surface area contributed by atoms with Crippen molar-refractivity contribution in [1.29, 1.82) is 0 Å². The van der Waals surface area contributed by atoms with Crippen LogP contribution in [0.5, 0.6) is 0 Å². The summed E-state index contributed by atoms with van der Waals surface area (Å²) >= 11 is 9.77. The summed E-state index contributed by atoms with van der Waals surface area (Å²) in [5.74, 6) is -0.266. The fraction of sp³-hybridized carbons (Fsp3) is 0.600. The van der Waals surface area contributed by atoms with Crippen molar-refractivity contribution in [2.24, 2.45) is 5.41 Å². The quantitative estimate of drug-likeness (QED) is 0.536. The Kier molecular flexibility index (Phi) is 6.65. The normalized spacial score (nSPS) is 14.5. The average molecular weight is 336 g/mol. The van der Waals surface area contributed by atoms with Gasteiger partial charge in [0, 0.05) is 10.4 Å². The number of benzene rings is 1. The van der Waals surface area contributed by atoms with Crippen molar-refractivity contribution < 1.29 is 4.39 Å². The van der Waals surface area contributed by atoms with Crippen molar-refractivity contribution in [3.8, 4) is 0 Å². The fourth-order valence-electron chi connectivity index (χ4n) is 2.22. The highest BCUT2D eigenvalue weighted by atomic mass is 79.9. The van der Waals surface area contributed by atoms with Crippen LogP contribution in [-0.2, 0) is 6.42 Å². The number of hydrogen-bond donors (Lipinski definition) is 0. The summed E-state index contributed by atoms with van der Waals surface area (Å²) in [6.45, 7) is 4.42. The summed E-state index contributed by atoms with van der Waals surface area (Å²) in [5, 5.41) is 1.51. The van der Waals surface area contributed by atoms with Crippen molar-refractivity contribution in [3.05, 3.63) is 34.6 Å². The molecule has 0 heterocycles. The van der Waals surface area contributed by atoms with Crippen LogP contribution in [0.15, 0.2) is 18.2 Å². The van der Waals surface area contributed by atoms with Gasteiger partial charge in [0.2, 0.25) is 0 Å². The molecule has 0 saturated heterocycles. The lowest BCUT2D eigenvalue weighted by Crippen LogP contribution is -2.25. The Balaban J connectivity index is 2.88. The lowest BCUT2D eigenvalue weighted by Gasteiger charge is -2.31. The van der Waals surface area contributed by atoms with Crippen LogP contribution in [0.2, 0.25) is 5.02 Å². The Hall–Kier alpha value is -0.0800. The van der Waals surface area contributed by atoms with Crippen LogP contribution in [0.4, 0.5) is 4.39 Å². The van der Waals surface area contributed by atoms with Crippen molar-refractivity contribution in [1.82, 2.24) is 0 Å². The van der Waals surface area contributed by atoms with Crippen LogP contribution in [0.3, 0.4) is 0 Å². The Morgan fingerprint density at radius 1 is 1.33 bits per heavy atom. The van der Waals surface area contributed by atoms with Gasteiger partial charge in [-0.25, -0.2) is 4.39 Å². The minimum atomic E-state index is -0.266. The minimum absolute atomic E-state index is 0.234. The second-order valence-electron chi connectivity index (χ2n) is 5.00. The Morgan fingerprint density at radius 3 is 2.56 bits per heavy atom. The van der Waals surface area contributed by atoms with Crippen LogP contribution in [0.25, 0.3) is 0 Å². The first kappa shape index (κ1) is 16.0. The molecule has 1 aromatic carbocycles. The summed E-state index contributed by atoms with van der Waals surface area (Å²) < 4.78 is 13.1. The molecule has 0 bridgehead atoms. The van der Waals surface area contributed by atoms with Crippen LogP contribution < -0.4 is 0 Å². The van der Waals surface area contributed by atoms with E-state index in [0.717, 1.165) is 23.7 Å². The monoisotopic (exact) mass is 334 g/mol. The summed E-state index contributed by atoms with van der Waals surface area (Å²) in [6.07, 6.45) is 5.61. The zero-order valence-electron chi connectivity index (χ0n) is 11.1. The SMILES string of the molecule is CCCCC(CC)(CBr)Cc1ccc(F)cc1Cl. The van der Waals surface area contributed by atoms with E-state index in [1.807, 2.05) is 6.07 Å². The summed E-state index contributed by atoms with van der Waals surface area (Å²) in [5.41, 5.74) is 1.28. The van der Waals surface area contributed by atoms with Gasteiger partial charge in [-0.05, 0) is 42.4 Å². The topological polar surface area (TPSA) is 0 Å². The molecule has 0 spiro atoms. The first-order chi connectivity index (χ1) is 8.56. The molecule has 0 aromatic heterocycles. The van der Waals surface area contributed by atoms with Gasteiger partial charge in [0.25, 0.3) is 0 Å². The van der Waals surface area contributed by atoms with Crippen LogP contribution in [0.1, 0.15) is 45.1 Å². The maximum atomic E-state index is 13.1. The molecule has 1 unspecified atom stereocenters. The van der Waals surface area contributed by atoms with Gasteiger partial charge in [0.05, 0.1) is 0 Å². The predicted octanol–water partition coefficient (Wildman–Crippen LogP) is 6.00. The standard InChI is InChI=1S/C15H21BrClF/c1-3-5-8-15(4-2,11-16)10-12-6-7-13(18)9-14(12)17/h6-7,9H,3-5,8,10-11H2,1-2H3. The van der Waals surface area contributed by atoms with E-state index in [4.69, 9.17) is 11.6 Å². The largest absolute Gasteiger partial charge is 0.207 e. The molecule has 0 amide bonds. The molecule has 0 saturated carbocycles. The summed E-state index contributed by atoms with van der Waals surface area (Å²) in [4.78, 5) is 0. The second-order valence-corrected chi connectivity index (χ2v) is 5.97. The van der Waals surface area contributed by atoms with Gasteiger partial charge in [0.1, 0.15) is 5.82 Å². The van der Waals surface area contributed by atoms with Gasteiger partial charge in [0.15, 0.2) is 0 Å². The zero-order valence-corrected chi connectivity index (χ0v) is 13.5. The van der Waals surface area contributed by atoms with Crippen LogP contribution in [-0.4, -0.2) is 5.33 Å². The Labute approximate surface area is 123 Å². The molecule has 0 radical (unpaired) electrons. The molecule has 0 fully saturated rings. The first-order valence-electron chi connectivity index (χ1n) is 6.57. The third-order valence-electron chi connectivity index (χ3n) is 3.67. The molecular formula is C15H21BrClF. The van der Waals surface area contributed by atoms with Gasteiger partial charge in [-0.1, -0.05) is 60.3 Å². The predicted molar refractivity (Wildman–Crippen MR) is 81.2 cm³/mol. The molecule has 0 aliphatic rings. The molecule has 18 heavy (non-hydrogen) atoms. The first-order valence-corrected chi connectivity index (χ1v) is 8.06. The van der Waals surface area contributed by atoms with Gasteiger partial charge >= 0.3 is 0 Å². The lowest BCUT2D eigenvalue weighted by atomic mass is 9.77. The van der Waals surface area contributed by atoms with Crippen molar-refractivity contribution >= 4 is 27.5 Å². The highest BCUT2D eigenvalue weighted by Gasteiger charge is 2.27. The van der Waals surface area contributed by atoms with Gasteiger partial charge in [-0.2, -0.15) is 0 Å². The van der Waals surface area contributed by atoms with Crippen molar-refractivity contribution in [3.63, 3.8) is 0 Å². The average Bonchev–Trinajstić information content (AvgIpc) is 2.37. The number of halogens is 3. The fourth-order valence-corrected chi connectivity index (χ4v) is 3.33. The lowest BCUT2D eigenvalue weighted by molar-refractivity contribution is 0.284. The van der Waals surface area contributed by atoms with E-state index in [0.29, 0.717) is 5.02 Å². The number of rotatable bonds is 7. The van der Waals surface area contributed by atoms with Gasteiger partial charge < -0.3 is 0 Å². The van der Waals surface area contributed by atoms with Crippen molar-refractivity contribution in [2.75, 3.05) is 5.33 Å². The highest BCUT2D eigenvalue weighted by molar-refractivity contribution is 9.09. The Bertz CT molecular complexity index is 375. The third-order valence-corrected chi connectivity index (χ3v) is 5.22. The van der Waals surface area contributed by atoms with Gasteiger partial charge in [-0.3, -0.25) is 0 Å². The molecule has 1 rings (SSSR count). The molecule has 0 N–H and O–H groups in total. The minimum Gasteiger partial charge on any atom is -0.207 e. The van der Waals surface area contributed by atoms with Crippen molar-refractivity contribution in [2.45, 2.75) is 46.0 Å². The number of unbranched alkanes of at least 4 members (excludes halogenated alkanes) is 1. The number of hydrogen-bond acceptors (Lipinski definition) is 0. The molecule has 1 aromatic rings. The maximum Gasteiger partial charge on any atom is 0.124 e.